The number of ether oxygens (including phenoxy) is 1. The lowest BCUT2D eigenvalue weighted by Crippen LogP contribution is -2.29. The second-order valence-electron chi connectivity index (χ2n) is 7.67. The molecule has 2 aliphatic carbocycles. The van der Waals surface area contributed by atoms with Gasteiger partial charge in [0.2, 0.25) is 0 Å². The molecule has 0 saturated heterocycles. The van der Waals surface area contributed by atoms with Gasteiger partial charge in [0.05, 0.1) is 7.11 Å². The van der Waals surface area contributed by atoms with E-state index in [0.29, 0.717) is 0 Å². The molecular weight excluding hydrogens is 294 g/mol. The summed E-state index contributed by atoms with van der Waals surface area (Å²) >= 11 is 0. The molecule has 2 saturated carbocycles. The van der Waals surface area contributed by atoms with Crippen LogP contribution in [-0.4, -0.2) is 20.2 Å². The van der Waals surface area contributed by atoms with Crippen LogP contribution in [0.1, 0.15) is 62.8 Å². The van der Waals surface area contributed by atoms with Gasteiger partial charge in [-0.05, 0) is 93.9 Å². The lowest BCUT2D eigenvalue weighted by molar-refractivity contribution is 0.337. The van der Waals surface area contributed by atoms with Crippen molar-refractivity contribution in [2.24, 2.45) is 11.8 Å². The SMILES string of the molecule is CNC1CCC(C=CC2CCC(c3ccc(OC)cc3)CC2)CC1. The Morgan fingerprint density at radius 2 is 1.38 bits per heavy atom. The van der Waals surface area contributed by atoms with Crippen LogP contribution in [0.2, 0.25) is 0 Å². The number of benzene rings is 1. The van der Waals surface area contributed by atoms with Gasteiger partial charge in [-0.1, -0.05) is 24.3 Å². The maximum atomic E-state index is 5.26. The van der Waals surface area contributed by atoms with Crippen LogP contribution in [0.25, 0.3) is 0 Å². The van der Waals surface area contributed by atoms with E-state index in [-0.39, 0.29) is 0 Å². The van der Waals surface area contributed by atoms with Gasteiger partial charge in [-0.3, -0.25) is 0 Å². The van der Waals surface area contributed by atoms with Crippen LogP contribution in [-0.2, 0) is 0 Å². The van der Waals surface area contributed by atoms with E-state index in [2.05, 4.69) is 48.8 Å². The zero-order chi connectivity index (χ0) is 16.8. The molecule has 0 bridgehead atoms. The van der Waals surface area contributed by atoms with Crippen molar-refractivity contribution in [3.8, 4) is 5.75 Å². The first-order valence-corrected chi connectivity index (χ1v) is 9.78. The van der Waals surface area contributed by atoms with E-state index in [0.717, 1.165) is 29.5 Å². The van der Waals surface area contributed by atoms with Crippen molar-refractivity contribution in [1.29, 1.82) is 0 Å². The lowest BCUT2D eigenvalue weighted by atomic mass is 9.78. The smallest absolute Gasteiger partial charge is 0.118 e. The zero-order valence-corrected chi connectivity index (χ0v) is 15.3. The second kappa shape index (κ2) is 8.71. The highest BCUT2D eigenvalue weighted by Crippen LogP contribution is 2.37. The summed E-state index contributed by atoms with van der Waals surface area (Å²) < 4.78 is 5.26. The Morgan fingerprint density at radius 3 is 1.88 bits per heavy atom. The van der Waals surface area contributed by atoms with E-state index in [1.165, 1.54) is 56.9 Å². The van der Waals surface area contributed by atoms with Crippen LogP contribution in [0.3, 0.4) is 0 Å². The van der Waals surface area contributed by atoms with E-state index in [1.807, 2.05) is 0 Å². The van der Waals surface area contributed by atoms with Gasteiger partial charge in [-0.2, -0.15) is 0 Å². The summed E-state index contributed by atoms with van der Waals surface area (Å²) in [5, 5.41) is 3.43. The normalized spacial score (nSPS) is 31.2. The minimum Gasteiger partial charge on any atom is -0.497 e. The highest BCUT2D eigenvalue weighted by atomic mass is 16.5. The summed E-state index contributed by atoms with van der Waals surface area (Å²) in [6.07, 6.45) is 15.9. The summed E-state index contributed by atoms with van der Waals surface area (Å²) in [5.41, 5.74) is 1.49. The van der Waals surface area contributed by atoms with Gasteiger partial charge < -0.3 is 10.1 Å². The van der Waals surface area contributed by atoms with Crippen LogP contribution in [0.15, 0.2) is 36.4 Å². The summed E-state index contributed by atoms with van der Waals surface area (Å²) in [6, 6.07) is 9.46. The maximum Gasteiger partial charge on any atom is 0.118 e. The molecule has 132 valence electrons. The third kappa shape index (κ3) is 4.63. The van der Waals surface area contributed by atoms with Crippen LogP contribution in [0.4, 0.5) is 0 Å². The fourth-order valence-corrected chi connectivity index (χ4v) is 4.44. The van der Waals surface area contributed by atoms with Crippen molar-refractivity contribution in [1.82, 2.24) is 5.32 Å². The van der Waals surface area contributed by atoms with Crippen LogP contribution < -0.4 is 10.1 Å². The highest BCUT2D eigenvalue weighted by molar-refractivity contribution is 5.29. The molecule has 0 aromatic heterocycles. The summed E-state index contributed by atoms with van der Waals surface area (Å²) in [6.45, 7) is 0. The first kappa shape index (κ1) is 17.5. The van der Waals surface area contributed by atoms with E-state index < -0.39 is 0 Å². The molecule has 0 amide bonds. The Morgan fingerprint density at radius 1 is 0.833 bits per heavy atom. The molecule has 3 rings (SSSR count). The van der Waals surface area contributed by atoms with E-state index in [4.69, 9.17) is 4.74 Å². The fraction of sp³-hybridized carbons (Fsp3) is 0.636. The quantitative estimate of drug-likeness (QED) is 0.741. The molecule has 24 heavy (non-hydrogen) atoms. The van der Waals surface area contributed by atoms with Gasteiger partial charge >= 0.3 is 0 Å². The molecule has 2 nitrogen and oxygen atoms in total. The molecule has 1 N–H and O–H groups in total. The van der Waals surface area contributed by atoms with Gasteiger partial charge in [0.25, 0.3) is 0 Å². The monoisotopic (exact) mass is 327 g/mol. The largest absolute Gasteiger partial charge is 0.497 e. The Hall–Kier alpha value is -1.28. The van der Waals surface area contributed by atoms with E-state index in [9.17, 15) is 0 Å². The minimum atomic E-state index is 0.742. The third-order valence-corrected chi connectivity index (χ3v) is 6.19. The Kier molecular flexibility index (Phi) is 6.37. The van der Waals surface area contributed by atoms with Crippen molar-refractivity contribution in [2.45, 2.75) is 63.3 Å². The third-order valence-electron chi connectivity index (χ3n) is 6.19. The second-order valence-corrected chi connectivity index (χ2v) is 7.67. The molecule has 0 unspecified atom stereocenters. The molecule has 1 aromatic carbocycles. The number of methoxy groups -OCH3 is 1. The van der Waals surface area contributed by atoms with Crippen molar-refractivity contribution >= 4 is 0 Å². The first-order valence-electron chi connectivity index (χ1n) is 9.78. The highest BCUT2D eigenvalue weighted by Gasteiger charge is 2.22. The van der Waals surface area contributed by atoms with E-state index >= 15 is 0 Å². The van der Waals surface area contributed by atoms with E-state index in [1.54, 1.807) is 7.11 Å². The standard InChI is InChI=1S/C22H33NO/c1-23-21-13-7-18(8-14-21)4-3-17-5-9-19(10-6-17)20-11-15-22(24-2)16-12-20/h3-4,11-12,15-19,21,23H,5-10,13-14H2,1-2H3. The van der Waals surface area contributed by atoms with Crippen molar-refractivity contribution in [3.05, 3.63) is 42.0 Å². The lowest BCUT2D eigenvalue weighted by Gasteiger charge is -2.29. The van der Waals surface area contributed by atoms with Crippen molar-refractivity contribution < 1.29 is 4.74 Å². The van der Waals surface area contributed by atoms with Gasteiger partial charge in [0.1, 0.15) is 5.75 Å². The molecule has 2 fully saturated rings. The van der Waals surface area contributed by atoms with Crippen LogP contribution in [0.5, 0.6) is 5.75 Å². The van der Waals surface area contributed by atoms with Crippen LogP contribution in [0, 0.1) is 11.8 Å². The molecule has 0 radical (unpaired) electrons. The maximum absolute atomic E-state index is 5.26. The number of allylic oxidation sites excluding steroid dienone is 2. The molecule has 0 heterocycles. The molecule has 0 atom stereocenters. The number of rotatable bonds is 5. The number of hydrogen-bond donors (Lipinski definition) is 1. The predicted molar refractivity (Wildman–Crippen MR) is 102 cm³/mol. The van der Waals surface area contributed by atoms with Crippen molar-refractivity contribution in [2.75, 3.05) is 14.2 Å². The molecule has 0 spiro atoms. The fourth-order valence-electron chi connectivity index (χ4n) is 4.44. The molecular formula is C22H33NO. The van der Waals surface area contributed by atoms with Gasteiger partial charge in [-0.15, -0.1) is 0 Å². The number of hydrogen-bond acceptors (Lipinski definition) is 2. The number of nitrogens with one attached hydrogen (secondary N) is 1. The summed E-state index contributed by atoms with van der Waals surface area (Å²) in [4.78, 5) is 0. The van der Waals surface area contributed by atoms with Gasteiger partial charge in [0, 0.05) is 6.04 Å². The Bertz CT molecular complexity index is 505. The first-order chi connectivity index (χ1) is 11.8. The molecule has 2 aliphatic rings. The average Bonchev–Trinajstić information content (AvgIpc) is 2.67. The Labute approximate surface area is 147 Å². The molecule has 1 aromatic rings. The Balaban J connectivity index is 1.44. The topological polar surface area (TPSA) is 21.3 Å². The minimum absolute atomic E-state index is 0.742. The van der Waals surface area contributed by atoms with Gasteiger partial charge in [-0.25, -0.2) is 0 Å². The van der Waals surface area contributed by atoms with Crippen LogP contribution >= 0.6 is 0 Å². The summed E-state index contributed by atoms with van der Waals surface area (Å²) in [7, 11) is 3.83. The molecule has 2 heteroatoms. The summed E-state index contributed by atoms with van der Waals surface area (Å²) in [5.74, 6) is 3.34. The van der Waals surface area contributed by atoms with Crippen molar-refractivity contribution in [3.63, 3.8) is 0 Å². The van der Waals surface area contributed by atoms with Gasteiger partial charge in [0.15, 0.2) is 0 Å². The molecule has 0 aliphatic heterocycles. The average molecular weight is 328 g/mol. The predicted octanol–water partition coefficient (Wildman–Crippen LogP) is 5.30. The zero-order valence-electron chi connectivity index (χ0n) is 15.3.